The first-order valence-electron chi connectivity index (χ1n) is 5.58. The van der Waals surface area contributed by atoms with Crippen molar-refractivity contribution in [2.75, 3.05) is 0 Å². The number of rotatable bonds is 2. The van der Waals surface area contributed by atoms with Gasteiger partial charge in [0.1, 0.15) is 6.29 Å². The number of carbonyl (C=O) groups excluding carboxylic acids is 1. The van der Waals surface area contributed by atoms with Gasteiger partial charge in [0.05, 0.1) is 0 Å². The van der Waals surface area contributed by atoms with Gasteiger partial charge in [-0.05, 0) is 23.8 Å². The summed E-state index contributed by atoms with van der Waals surface area (Å²) in [6, 6.07) is 10.5. The van der Waals surface area contributed by atoms with Gasteiger partial charge in [-0.1, -0.05) is 42.5 Å². The molecule has 1 saturated carbocycles. The Hall–Kier alpha value is -1.37. The van der Waals surface area contributed by atoms with Crippen LogP contribution in [0.4, 0.5) is 0 Å². The molecule has 0 aromatic heterocycles. The molecule has 0 spiro atoms. The molecule has 1 nitrogen and oxygen atoms in total. The average Bonchev–Trinajstić information content (AvgIpc) is 2.89. The van der Waals surface area contributed by atoms with Crippen molar-refractivity contribution in [2.24, 2.45) is 17.8 Å². The zero-order valence-corrected chi connectivity index (χ0v) is 8.54. The van der Waals surface area contributed by atoms with Gasteiger partial charge in [-0.15, -0.1) is 0 Å². The first kappa shape index (κ1) is 8.90. The monoisotopic (exact) mass is 198 g/mol. The van der Waals surface area contributed by atoms with E-state index in [9.17, 15) is 4.79 Å². The Labute approximate surface area is 89.8 Å². The van der Waals surface area contributed by atoms with Gasteiger partial charge in [-0.25, -0.2) is 0 Å². The van der Waals surface area contributed by atoms with Crippen molar-refractivity contribution < 1.29 is 4.79 Å². The predicted octanol–water partition coefficient (Wildman–Crippen LogP) is 2.79. The van der Waals surface area contributed by atoms with Gasteiger partial charge in [0.2, 0.25) is 0 Å². The van der Waals surface area contributed by atoms with Crippen molar-refractivity contribution in [1.82, 2.24) is 0 Å². The Bertz CT molecular complexity index is 393. The molecule has 0 radical (unpaired) electrons. The maximum absolute atomic E-state index is 11.1. The lowest BCUT2D eigenvalue weighted by Gasteiger charge is -2.24. The molecule has 4 atom stereocenters. The quantitative estimate of drug-likeness (QED) is 0.527. The van der Waals surface area contributed by atoms with Crippen LogP contribution >= 0.6 is 0 Å². The van der Waals surface area contributed by atoms with Crippen molar-refractivity contribution in [1.29, 1.82) is 0 Å². The Kier molecular flexibility index (Phi) is 1.98. The second-order valence-electron chi connectivity index (χ2n) is 4.60. The third-order valence-corrected chi connectivity index (χ3v) is 3.86. The second kappa shape index (κ2) is 3.34. The lowest BCUT2D eigenvalue weighted by Crippen LogP contribution is -2.18. The predicted molar refractivity (Wildman–Crippen MR) is 59.5 cm³/mol. The van der Waals surface area contributed by atoms with E-state index in [1.807, 2.05) is 6.07 Å². The van der Waals surface area contributed by atoms with Gasteiger partial charge in [0.15, 0.2) is 0 Å². The highest BCUT2D eigenvalue weighted by Gasteiger charge is 2.44. The number of allylic oxidation sites excluding steroid dienone is 2. The van der Waals surface area contributed by atoms with Gasteiger partial charge >= 0.3 is 0 Å². The fourth-order valence-corrected chi connectivity index (χ4v) is 3.19. The second-order valence-corrected chi connectivity index (χ2v) is 4.60. The fourth-order valence-electron chi connectivity index (χ4n) is 3.19. The van der Waals surface area contributed by atoms with Crippen LogP contribution in [0.1, 0.15) is 17.9 Å². The van der Waals surface area contributed by atoms with Gasteiger partial charge in [-0.2, -0.15) is 0 Å². The average molecular weight is 198 g/mol. The molecule has 2 aliphatic carbocycles. The maximum atomic E-state index is 11.1. The normalized spacial score (nSPS) is 37.1. The summed E-state index contributed by atoms with van der Waals surface area (Å²) in [4.78, 5) is 11.1. The Morgan fingerprint density at radius 1 is 1.07 bits per heavy atom. The van der Waals surface area contributed by atoms with Crippen LogP contribution in [-0.4, -0.2) is 6.29 Å². The molecular formula is C14H14O. The summed E-state index contributed by atoms with van der Waals surface area (Å²) in [5.74, 6) is 1.73. The minimum atomic E-state index is 0.211. The first-order valence-corrected chi connectivity index (χ1v) is 5.58. The van der Waals surface area contributed by atoms with E-state index in [1.54, 1.807) is 0 Å². The summed E-state index contributed by atoms with van der Waals surface area (Å²) in [6.07, 6.45) is 6.85. The molecule has 0 aliphatic heterocycles. The van der Waals surface area contributed by atoms with Crippen molar-refractivity contribution in [3.8, 4) is 0 Å². The molecule has 1 aromatic carbocycles. The Morgan fingerprint density at radius 2 is 1.80 bits per heavy atom. The minimum absolute atomic E-state index is 0.211. The molecule has 76 valence electrons. The number of carbonyl (C=O) groups is 1. The van der Waals surface area contributed by atoms with E-state index in [2.05, 4.69) is 36.4 Å². The molecule has 1 fully saturated rings. The SMILES string of the molecule is O=C[C@@H]1C2C=CC(C2)C1c1ccccc1. The summed E-state index contributed by atoms with van der Waals surface area (Å²) in [5.41, 5.74) is 1.33. The number of hydrogen-bond acceptors (Lipinski definition) is 1. The highest BCUT2D eigenvalue weighted by Crippen LogP contribution is 2.51. The van der Waals surface area contributed by atoms with E-state index >= 15 is 0 Å². The van der Waals surface area contributed by atoms with Crippen LogP contribution in [0, 0.1) is 17.8 Å². The molecule has 3 unspecified atom stereocenters. The third-order valence-electron chi connectivity index (χ3n) is 3.86. The molecule has 1 heteroatoms. The van der Waals surface area contributed by atoms with Crippen molar-refractivity contribution >= 4 is 6.29 Å². The third kappa shape index (κ3) is 1.26. The van der Waals surface area contributed by atoms with Crippen LogP contribution in [0.2, 0.25) is 0 Å². The van der Waals surface area contributed by atoms with E-state index in [-0.39, 0.29) is 5.92 Å². The highest BCUT2D eigenvalue weighted by atomic mass is 16.1. The molecule has 15 heavy (non-hydrogen) atoms. The van der Waals surface area contributed by atoms with Gasteiger partial charge in [0, 0.05) is 11.8 Å². The van der Waals surface area contributed by atoms with Crippen molar-refractivity contribution in [3.63, 3.8) is 0 Å². The molecular weight excluding hydrogens is 184 g/mol. The van der Waals surface area contributed by atoms with Crippen molar-refractivity contribution in [2.45, 2.75) is 12.3 Å². The van der Waals surface area contributed by atoms with Gasteiger partial charge < -0.3 is 4.79 Å². The van der Waals surface area contributed by atoms with Crippen LogP contribution in [0.5, 0.6) is 0 Å². The van der Waals surface area contributed by atoms with Crippen LogP contribution < -0.4 is 0 Å². The standard InChI is InChI=1S/C14H14O/c15-9-13-11-6-7-12(8-11)14(13)10-4-2-1-3-5-10/h1-7,9,11-14H,8H2/t11?,12?,13-,14?/m1/s1. The van der Waals surface area contributed by atoms with E-state index < -0.39 is 0 Å². The summed E-state index contributed by atoms with van der Waals surface area (Å²) in [7, 11) is 0. The van der Waals surface area contributed by atoms with Crippen molar-refractivity contribution in [3.05, 3.63) is 48.0 Å². The summed E-state index contributed by atoms with van der Waals surface area (Å²) < 4.78 is 0. The van der Waals surface area contributed by atoms with E-state index in [4.69, 9.17) is 0 Å². The molecule has 0 heterocycles. The lowest BCUT2D eigenvalue weighted by atomic mass is 9.79. The summed E-state index contributed by atoms with van der Waals surface area (Å²) >= 11 is 0. The zero-order chi connectivity index (χ0) is 10.3. The number of aldehydes is 1. The lowest BCUT2D eigenvalue weighted by molar-refractivity contribution is -0.112. The molecule has 3 rings (SSSR count). The number of fused-ring (bicyclic) bond motifs is 2. The molecule has 2 aliphatic rings. The first-order chi connectivity index (χ1) is 7.40. The summed E-state index contributed by atoms with van der Waals surface area (Å²) in [5, 5.41) is 0. The largest absolute Gasteiger partial charge is 0.303 e. The maximum Gasteiger partial charge on any atom is 0.124 e. The van der Waals surface area contributed by atoms with Gasteiger partial charge in [0.25, 0.3) is 0 Å². The minimum Gasteiger partial charge on any atom is -0.303 e. The molecule has 0 amide bonds. The fraction of sp³-hybridized carbons (Fsp3) is 0.357. The van der Waals surface area contributed by atoms with E-state index in [0.717, 1.165) is 6.29 Å². The van der Waals surface area contributed by atoms with Crippen LogP contribution in [0.3, 0.4) is 0 Å². The molecule has 0 N–H and O–H groups in total. The molecule has 1 aromatic rings. The Morgan fingerprint density at radius 3 is 2.53 bits per heavy atom. The zero-order valence-electron chi connectivity index (χ0n) is 8.54. The van der Waals surface area contributed by atoms with Gasteiger partial charge in [-0.3, -0.25) is 0 Å². The van der Waals surface area contributed by atoms with E-state index in [0.29, 0.717) is 17.8 Å². The number of hydrogen-bond donors (Lipinski definition) is 0. The van der Waals surface area contributed by atoms with Crippen LogP contribution in [-0.2, 0) is 4.79 Å². The van der Waals surface area contributed by atoms with Crippen LogP contribution in [0.25, 0.3) is 0 Å². The van der Waals surface area contributed by atoms with E-state index in [1.165, 1.54) is 12.0 Å². The highest BCUT2D eigenvalue weighted by molar-refractivity contribution is 5.59. The number of benzene rings is 1. The Balaban J connectivity index is 1.99. The smallest absolute Gasteiger partial charge is 0.124 e. The topological polar surface area (TPSA) is 17.1 Å². The molecule has 2 bridgehead atoms. The van der Waals surface area contributed by atoms with Crippen LogP contribution in [0.15, 0.2) is 42.5 Å². The molecule has 0 saturated heterocycles. The summed E-state index contributed by atoms with van der Waals surface area (Å²) in [6.45, 7) is 0.